The second kappa shape index (κ2) is 4.46. The van der Waals surface area contributed by atoms with E-state index >= 15 is 0 Å². The molecule has 3 heteroatoms. The zero-order chi connectivity index (χ0) is 12.8. The lowest BCUT2D eigenvalue weighted by atomic mass is 9.77. The minimum absolute atomic E-state index is 0.0439. The maximum atomic E-state index is 6.23. The van der Waals surface area contributed by atoms with Crippen molar-refractivity contribution in [2.45, 2.75) is 56.6 Å². The van der Waals surface area contributed by atoms with Crippen molar-refractivity contribution in [3.05, 3.63) is 0 Å². The molecule has 2 N–H and O–H groups in total. The van der Waals surface area contributed by atoms with Crippen LogP contribution in [0.5, 0.6) is 0 Å². The van der Waals surface area contributed by atoms with Gasteiger partial charge in [-0.2, -0.15) is 0 Å². The molecule has 1 heterocycles. The van der Waals surface area contributed by atoms with E-state index in [1.807, 2.05) is 7.11 Å². The van der Waals surface area contributed by atoms with Crippen molar-refractivity contribution < 1.29 is 4.74 Å². The molecule has 0 spiro atoms. The summed E-state index contributed by atoms with van der Waals surface area (Å²) in [4.78, 5) is 2.70. The lowest BCUT2D eigenvalue weighted by molar-refractivity contribution is -0.0908. The molecular formula is C15H28N2O. The number of hydrogen-bond donors (Lipinski definition) is 1. The van der Waals surface area contributed by atoms with Crippen LogP contribution in [0.15, 0.2) is 0 Å². The topological polar surface area (TPSA) is 38.5 Å². The van der Waals surface area contributed by atoms with Gasteiger partial charge in [0.15, 0.2) is 0 Å². The van der Waals surface area contributed by atoms with Crippen LogP contribution in [-0.2, 0) is 4.74 Å². The van der Waals surface area contributed by atoms with Gasteiger partial charge < -0.3 is 10.5 Å². The van der Waals surface area contributed by atoms with E-state index in [1.54, 1.807) is 0 Å². The second-order valence-electron chi connectivity index (χ2n) is 6.98. The molecule has 3 aliphatic rings. The van der Waals surface area contributed by atoms with Crippen LogP contribution >= 0.6 is 0 Å². The quantitative estimate of drug-likeness (QED) is 0.835. The molecule has 2 saturated carbocycles. The monoisotopic (exact) mass is 252 g/mol. The van der Waals surface area contributed by atoms with Crippen LogP contribution in [-0.4, -0.2) is 42.8 Å². The molecule has 3 nitrogen and oxygen atoms in total. The first kappa shape index (κ1) is 12.9. The fourth-order valence-electron chi connectivity index (χ4n) is 4.61. The van der Waals surface area contributed by atoms with E-state index in [1.165, 1.54) is 45.1 Å². The largest absolute Gasteiger partial charge is 0.377 e. The van der Waals surface area contributed by atoms with Crippen molar-refractivity contribution in [3.8, 4) is 0 Å². The highest BCUT2D eigenvalue weighted by molar-refractivity contribution is 5.12. The highest BCUT2D eigenvalue weighted by Crippen LogP contribution is 2.57. The molecule has 104 valence electrons. The summed E-state index contributed by atoms with van der Waals surface area (Å²) in [5.41, 5.74) is 6.59. The van der Waals surface area contributed by atoms with Gasteiger partial charge in [0.2, 0.25) is 0 Å². The number of likely N-dealkylation sites (tertiary alicyclic amines) is 1. The first-order valence-corrected chi connectivity index (χ1v) is 7.64. The van der Waals surface area contributed by atoms with Crippen LogP contribution in [0.1, 0.15) is 45.4 Å². The summed E-state index contributed by atoms with van der Waals surface area (Å²) in [6, 6.07) is 0. The van der Waals surface area contributed by atoms with Crippen LogP contribution in [0, 0.1) is 11.8 Å². The molecule has 2 aliphatic carbocycles. The molecule has 3 fully saturated rings. The molecular weight excluding hydrogens is 224 g/mol. The number of piperidine rings is 1. The number of ether oxygens (including phenoxy) is 1. The molecule has 0 aromatic carbocycles. The van der Waals surface area contributed by atoms with Crippen LogP contribution in [0.2, 0.25) is 0 Å². The van der Waals surface area contributed by atoms with E-state index in [4.69, 9.17) is 10.5 Å². The Morgan fingerprint density at radius 3 is 2.89 bits per heavy atom. The van der Waals surface area contributed by atoms with Crippen LogP contribution in [0.4, 0.5) is 0 Å². The SMILES string of the molecule is COC1(C)CCCN(C2(CN)CCCC3CC32)C1. The molecule has 0 bridgehead atoms. The van der Waals surface area contributed by atoms with E-state index < -0.39 is 0 Å². The highest BCUT2D eigenvalue weighted by atomic mass is 16.5. The summed E-state index contributed by atoms with van der Waals surface area (Å²) in [5.74, 6) is 1.87. The van der Waals surface area contributed by atoms with Crippen molar-refractivity contribution in [3.63, 3.8) is 0 Å². The lowest BCUT2D eigenvalue weighted by Gasteiger charge is -2.52. The Kier molecular flexibility index (Phi) is 3.20. The van der Waals surface area contributed by atoms with Gasteiger partial charge in [0.05, 0.1) is 5.60 Å². The Morgan fingerprint density at radius 1 is 1.33 bits per heavy atom. The van der Waals surface area contributed by atoms with E-state index in [9.17, 15) is 0 Å². The fraction of sp³-hybridized carbons (Fsp3) is 1.00. The highest BCUT2D eigenvalue weighted by Gasteiger charge is 2.57. The number of nitrogens with zero attached hydrogens (tertiary/aromatic N) is 1. The van der Waals surface area contributed by atoms with Gasteiger partial charge in [0, 0.05) is 25.7 Å². The van der Waals surface area contributed by atoms with E-state index in [0.29, 0.717) is 5.54 Å². The Balaban J connectivity index is 1.79. The predicted octanol–water partition coefficient (Wildman–Crippen LogP) is 2.00. The molecule has 0 radical (unpaired) electrons. The van der Waals surface area contributed by atoms with Crippen LogP contribution in [0.3, 0.4) is 0 Å². The number of rotatable bonds is 3. The first-order valence-electron chi connectivity index (χ1n) is 7.64. The van der Waals surface area contributed by atoms with Gasteiger partial charge in [0.25, 0.3) is 0 Å². The average molecular weight is 252 g/mol. The zero-order valence-corrected chi connectivity index (χ0v) is 12.0. The Bertz CT molecular complexity index is 322. The van der Waals surface area contributed by atoms with Crippen molar-refractivity contribution in [1.82, 2.24) is 4.90 Å². The van der Waals surface area contributed by atoms with E-state index in [2.05, 4.69) is 11.8 Å². The normalized spacial score (nSPS) is 48.8. The molecule has 3 rings (SSSR count). The number of methoxy groups -OCH3 is 1. The van der Waals surface area contributed by atoms with E-state index in [-0.39, 0.29) is 5.60 Å². The maximum absolute atomic E-state index is 6.23. The van der Waals surface area contributed by atoms with Gasteiger partial charge in [-0.15, -0.1) is 0 Å². The summed E-state index contributed by atoms with van der Waals surface area (Å²) in [7, 11) is 1.86. The van der Waals surface area contributed by atoms with Crippen molar-refractivity contribution in [2.75, 3.05) is 26.7 Å². The maximum Gasteiger partial charge on any atom is 0.0777 e. The number of hydrogen-bond acceptors (Lipinski definition) is 3. The third-order valence-electron chi connectivity index (χ3n) is 5.93. The summed E-state index contributed by atoms with van der Waals surface area (Å²) < 4.78 is 5.76. The van der Waals surface area contributed by atoms with Crippen LogP contribution in [0.25, 0.3) is 0 Å². The molecule has 4 unspecified atom stereocenters. The number of nitrogens with two attached hydrogens (primary N) is 1. The van der Waals surface area contributed by atoms with Gasteiger partial charge in [0.1, 0.15) is 0 Å². The molecule has 1 aliphatic heterocycles. The predicted molar refractivity (Wildman–Crippen MR) is 73.5 cm³/mol. The fourth-order valence-corrected chi connectivity index (χ4v) is 4.61. The van der Waals surface area contributed by atoms with Gasteiger partial charge in [-0.1, -0.05) is 12.8 Å². The Morgan fingerprint density at radius 2 is 2.17 bits per heavy atom. The summed E-state index contributed by atoms with van der Waals surface area (Å²) >= 11 is 0. The Labute approximate surface area is 111 Å². The zero-order valence-electron chi connectivity index (χ0n) is 12.0. The van der Waals surface area contributed by atoms with Gasteiger partial charge >= 0.3 is 0 Å². The lowest BCUT2D eigenvalue weighted by Crippen LogP contribution is -2.62. The van der Waals surface area contributed by atoms with Gasteiger partial charge in [-0.05, 0) is 51.0 Å². The average Bonchev–Trinajstić information content (AvgIpc) is 3.18. The van der Waals surface area contributed by atoms with Crippen molar-refractivity contribution >= 4 is 0 Å². The summed E-state index contributed by atoms with van der Waals surface area (Å²) in [5, 5.41) is 0. The van der Waals surface area contributed by atoms with E-state index in [0.717, 1.165) is 24.9 Å². The minimum atomic E-state index is 0.0439. The van der Waals surface area contributed by atoms with Gasteiger partial charge in [-0.3, -0.25) is 4.90 Å². The van der Waals surface area contributed by atoms with Crippen LogP contribution < -0.4 is 5.73 Å². The number of fused-ring (bicyclic) bond motifs is 1. The minimum Gasteiger partial charge on any atom is -0.377 e. The third kappa shape index (κ3) is 1.91. The second-order valence-corrected chi connectivity index (χ2v) is 6.98. The third-order valence-corrected chi connectivity index (χ3v) is 5.93. The molecule has 1 saturated heterocycles. The van der Waals surface area contributed by atoms with Crippen molar-refractivity contribution in [1.29, 1.82) is 0 Å². The summed E-state index contributed by atoms with van der Waals surface area (Å²) in [6.07, 6.45) is 8.00. The molecule has 4 atom stereocenters. The first-order chi connectivity index (χ1) is 8.63. The molecule has 0 aromatic rings. The van der Waals surface area contributed by atoms with Crippen molar-refractivity contribution in [2.24, 2.45) is 17.6 Å². The molecule has 0 amide bonds. The Hall–Kier alpha value is -0.120. The molecule has 18 heavy (non-hydrogen) atoms. The smallest absolute Gasteiger partial charge is 0.0777 e. The standard InChI is InChI=1S/C15H28N2O/c1-14(18-2)6-4-8-17(11-14)15(10-16)7-3-5-12-9-13(12)15/h12-13H,3-11,16H2,1-2H3. The summed E-state index contributed by atoms with van der Waals surface area (Å²) in [6.45, 7) is 5.40. The van der Waals surface area contributed by atoms with Gasteiger partial charge in [-0.25, -0.2) is 0 Å². The molecule has 0 aromatic heterocycles.